The molecule has 7 nitrogen and oxygen atoms in total. The topological polar surface area (TPSA) is 86.8 Å². The molecule has 1 atom stereocenters. The molecule has 0 aliphatic carbocycles. The SMILES string of the molecule is CC(C)NC(=O)[C@@H](C)N(Cc1ccccc1)C(=O)CN(c1ccc(F)cc1)S(C)(=O)=O. The Kier molecular flexibility index (Phi) is 8.15. The van der Waals surface area contributed by atoms with E-state index < -0.39 is 34.3 Å². The number of amides is 2. The van der Waals surface area contributed by atoms with Crippen molar-refractivity contribution in [1.29, 1.82) is 0 Å². The van der Waals surface area contributed by atoms with Crippen LogP contribution in [0.1, 0.15) is 26.3 Å². The molecule has 2 rings (SSSR count). The van der Waals surface area contributed by atoms with Gasteiger partial charge in [-0.15, -0.1) is 0 Å². The maximum Gasteiger partial charge on any atom is 0.244 e. The summed E-state index contributed by atoms with van der Waals surface area (Å²) in [6.07, 6.45) is 0.972. The number of hydrogen-bond donors (Lipinski definition) is 1. The molecule has 0 aromatic heterocycles. The number of rotatable bonds is 9. The third kappa shape index (κ3) is 7.06. The molecule has 0 bridgehead atoms. The van der Waals surface area contributed by atoms with E-state index in [-0.39, 0.29) is 24.2 Å². The predicted molar refractivity (Wildman–Crippen MR) is 118 cm³/mol. The van der Waals surface area contributed by atoms with Crippen molar-refractivity contribution in [1.82, 2.24) is 10.2 Å². The van der Waals surface area contributed by atoms with Crippen molar-refractivity contribution in [3.8, 4) is 0 Å². The van der Waals surface area contributed by atoms with Gasteiger partial charge in [0, 0.05) is 12.6 Å². The lowest BCUT2D eigenvalue weighted by atomic mass is 10.1. The summed E-state index contributed by atoms with van der Waals surface area (Å²) in [6, 6.07) is 13.0. The summed E-state index contributed by atoms with van der Waals surface area (Å²) >= 11 is 0. The minimum absolute atomic E-state index is 0.115. The van der Waals surface area contributed by atoms with Gasteiger partial charge in [-0.3, -0.25) is 13.9 Å². The zero-order chi connectivity index (χ0) is 23.2. The van der Waals surface area contributed by atoms with Gasteiger partial charge in [0.05, 0.1) is 11.9 Å². The lowest BCUT2D eigenvalue weighted by Gasteiger charge is -2.31. The smallest absolute Gasteiger partial charge is 0.244 e. The van der Waals surface area contributed by atoms with Crippen LogP contribution in [0.25, 0.3) is 0 Å². The Labute approximate surface area is 182 Å². The van der Waals surface area contributed by atoms with Crippen LogP contribution in [0.3, 0.4) is 0 Å². The number of sulfonamides is 1. The van der Waals surface area contributed by atoms with Crippen LogP contribution in [0.5, 0.6) is 0 Å². The largest absolute Gasteiger partial charge is 0.352 e. The van der Waals surface area contributed by atoms with Crippen LogP contribution in [0.2, 0.25) is 0 Å². The molecule has 0 aliphatic heterocycles. The molecule has 0 unspecified atom stereocenters. The fourth-order valence-corrected chi connectivity index (χ4v) is 3.84. The van der Waals surface area contributed by atoms with Crippen molar-refractivity contribution in [2.45, 2.75) is 39.4 Å². The lowest BCUT2D eigenvalue weighted by Crippen LogP contribution is -2.52. The van der Waals surface area contributed by atoms with Gasteiger partial charge in [0.1, 0.15) is 18.4 Å². The highest BCUT2D eigenvalue weighted by atomic mass is 32.2. The molecular formula is C22H28FN3O4S. The van der Waals surface area contributed by atoms with E-state index in [1.807, 2.05) is 44.2 Å². The number of halogens is 1. The first-order valence-electron chi connectivity index (χ1n) is 9.86. The van der Waals surface area contributed by atoms with Gasteiger partial charge in [0.15, 0.2) is 0 Å². The first kappa shape index (κ1) is 24.3. The number of carbonyl (C=O) groups is 2. The second-order valence-corrected chi connectivity index (χ2v) is 9.50. The molecule has 2 aromatic rings. The molecule has 31 heavy (non-hydrogen) atoms. The van der Waals surface area contributed by atoms with E-state index >= 15 is 0 Å². The fraction of sp³-hybridized carbons (Fsp3) is 0.364. The molecular weight excluding hydrogens is 421 g/mol. The number of benzene rings is 2. The summed E-state index contributed by atoms with van der Waals surface area (Å²) in [5, 5.41) is 2.78. The molecule has 0 fully saturated rings. The number of nitrogens with one attached hydrogen (secondary N) is 1. The second kappa shape index (κ2) is 10.4. The molecule has 0 aliphatic rings. The van der Waals surface area contributed by atoms with Crippen LogP contribution in [-0.2, 0) is 26.2 Å². The Morgan fingerprint density at radius 3 is 2.10 bits per heavy atom. The Morgan fingerprint density at radius 1 is 1.00 bits per heavy atom. The number of carbonyl (C=O) groups excluding carboxylic acids is 2. The fourth-order valence-electron chi connectivity index (χ4n) is 2.99. The van der Waals surface area contributed by atoms with Crippen LogP contribution >= 0.6 is 0 Å². The van der Waals surface area contributed by atoms with E-state index in [9.17, 15) is 22.4 Å². The Balaban J connectivity index is 2.35. The van der Waals surface area contributed by atoms with Crippen LogP contribution < -0.4 is 9.62 Å². The quantitative estimate of drug-likeness (QED) is 0.637. The molecule has 9 heteroatoms. The average Bonchev–Trinajstić information content (AvgIpc) is 2.70. The van der Waals surface area contributed by atoms with Gasteiger partial charge in [0.25, 0.3) is 0 Å². The Hall–Kier alpha value is -2.94. The summed E-state index contributed by atoms with van der Waals surface area (Å²) in [4.78, 5) is 27.2. The average molecular weight is 450 g/mol. The standard InChI is InChI=1S/C22H28FN3O4S/c1-16(2)24-22(28)17(3)25(14-18-8-6-5-7-9-18)21(27)15-26(31(4,29)30)20-12-10-19(23)11-13-20/h5-13,16-17H,14-15H2,1-4H3,(H,24,28)/t17-/m1/s1. The number of nitrogens with zero attached hydrogens (tertiary/aromatic N) is 2. The maximum absolute atomic E-state index is 13.3. The van der Waals surface area contributed by atoms with Gasteiger partial charge in [-0.2, -0.15) is 0 Å². The zero-order valence-electron chi connectivity index (χ0n) is 18.1. The van der Waals surface area contributed by atoms with Crippen molar-refractivity contribution >= 4 is 27.5 Å². The van der Waals surface area contributed by atoms with Gasteiger partial charge in [-0.25, -0.2) is 12.8 Å². The molecule has 168 valence electrons. The second-order valence-electron chi connectivity index (χ2n) is 7.59. The minimum atomic E-state index is -3.83. The molecule has 0 saturated carbocycles. The van der Waals surface area contributed by atoms with Crippen LogP contribution in [-0.4, -0.2) is 50.0 Å². The van der Waals surface area contributed by atoms with Crippen LogP contribution in [0.15, 0.2) is 54.6 Å². The molecule has 0 radical (unpaired) electrons. The molecule has 2 aromatic carbocycles. The highest BCUT2D eigenvalue weighted by Gasteiger charge is 2.30. The van der Waals surface area contributed by atoms with Gasteiger partial charge in [0.2, 0.25) is 21.8 Å². The van der Waals surface area contributed by atoms with E-state index in [2.05, 4.69) is 5.32 Å². The van der Waals surface area contributed by atoms with Gasteiger partial charge in [-0.05, 0) is 50.6 Å². The van der Waals surface area contributed by atoms with Crippen LogP contribution in [0.4, 0.5) is 10.1 Å². The van der Waals surface area contributed by atoms with E-state index in [0.29, 0.717) is 0 Å². The highest BCUT2D eigenvalue weighted by molar-refractivity contribution is 7.92. The molecule has 2 amide bonds. The van der Waals surface area contributed by atoms with Crippen molar-refractivity contribution in [3.63, 3.8) is 0 Å². The number of anilines is 1. The van der Waals surface area contributed by atoms with Crippen molar-refractivity contribution in [2.75, 3.05) is 17.1 Å². The molecule has 1 N–H and O–H groups in total. The first-order valence-corrected chi connectivity index (χ1v) is 11.7. The summed E-state index contributed by atoms with van der Waals surface area (Å²) in [5.41, 5.74) is 0.962. The molecule has 0 heterocycles. The normalized spacial score (nSPS) is 12.3. The highest BCUT2D eigenvalue weighted by Crippen LogP contribution is 2.19. The maximum atomic E-state index is 13.3. The Bertz CT molecular complexity index is 995. The van der Waals surface area contributed by atoms with Crippen molar-refractivity contribution < 1.29 is 22.4 Å². The minimum Gasteiger partial charge on any atom is -0.352 e. The van der Waals surface area contributed by atoms with Crippen molar-refractivity contribution in [3.05, 3.63) is 66.0 Å². The summed E-state index contributed by atoms with van der Waals surface area (Å²) < 4.78 is 38.9. The monoisotopic (exact) mass is 449 g/mol. The zero-order valence-corrected chi connectivity index (χ0v) is 18.9. The molecule has 0 saturated heterocycles. The van der Waals surface area contributed by atoms with Gasteiger partial charge < -0.3 is 10.2 Å². The third-order valence-corrected chi connectivity index (χ3v) is 5.73. The van der Waals surface area contributed by atoms with E-state index in [4.69, 9.17) is 0 Å². The van der Waals surface area contributed by atoms with Crippen LogP contribution in [0, 0.1) is 5.82 Å². The Morgan fingerprint density at radius 2 is 1.58 bits per heavy atom. The predicted octanol–water partition coefficient (Wildman–Crippen LogP) is 2.53. The first-order chi connectivity index (χ1) is 14.5. The lowest BCUT2D eigenvalue weighted by molar-refractivity contribution is -0.139. The summed E-state index contributed by atoms with van der Waals surface area (Å²) in [6.45, 7) is 4.84. The molecule has 0 spiro atoms. The summed E-state index contributed by atoms with van der Waals surface area (Å²) in [7, 11) is -3.83. The van der Waals surface area contributed by atoms with Crippen molar-refractivity contribution in [2.24, 2.45) is 0 Å². The van der Waals surface area contributed by atoms with E-state index in [1.165, 1.54) is 17.0 Å². The van der Waals surface area contributed by atoms with Gasteiger partial charge in [-0.1, -0.05) is 30.3 Å². The van der Waals surface area contributed by atoms with E-state index in [1.54, 1.807) is 6.92 Å². The van der Waals surface area contributed by atoms with Gasteiger partial charge >= 0.3 is 0 Å². The number of hydrogen-bond acceptors (Lipinski definition) is 4. The third-order valence-electron chi connectivity index (χ3n) is 4.59. The summed E-state index contributed by atoms with van der Waals surface area (Å²) in [5.74, 6) is -1.41. The van der Waals surface area contributed by atoms with E-state index in [0.717, 1.165) is 28.3 Å².